The molecule has 2 aliphatic heterocycles. The van der Waals surface area contributed by atoms with Crippen LogP contribution in [-0.2, 0) is 4.74 Å². The van der Waals surface area contributed by atoms with Gasteiger partial charge in [0.05, 0.1) is 17.7 Å². The van der Waals surface area contributed by atoms with E-state index in [-0.39, 0.29) is 11.1 Å². The first-order valence-corrected chi connectivity index (χ1v) is 6.15. The van der Waals surface area contributed by atoms with Crippen molar-refractivity contribution in [2.45, 2.75) is 24.4 Å². The molecule has 4 N–H and O–H groups in total. The molecule has 0 bridgehead atoms. The molecule has 2 aliphatic rings. The van der Waals surface area contributed by atoms with Crippen LogP contribution in [-0.4, -0.2) is 52.1 Å². The smallest absolute Gasteiger partial charge is 0.259 e. The van der Waals surface area contributed by atoms with E-state index in [2.05, 4.69) is 5.32 Å². The first-order chi connectivity index (χ1) is 9.54. The monoisotopic (exact) mass is 279 g/mol. The molecule has 2 heterocycles. The Morgan fingerprint density at radius 3 is 2.55 bits per heavy atom. The van der Waals surface area contributed by atoms with E-state index in [0.717, 1.165) is 0 Å². The summed E-state index contributed by atoms with van der Waals surface area (Å²) in [7, 11) is 0. The van der Waals surface area contributed by atoms with Crippen molar-refractivity contribution in [1.29, 1.82) is 0 Å². The molecule has 106 valence electrons. The molecular weight excluding hydrogens is 266 g/mol. The summed E-state index contributed by atoms with van der Waals surface area (Å²) in [6.45, 7) is -0.450. The van der Waals surface area contributed by atoms with Gasteiger partial charge >= 0.3 is 0 Å². The summed E-state index contributed by atoms with van der Waals surface area (Å²) in [4.78, 5) is 23.4. The molecule has 0 unspecified atom stereocenters. The number of aliphatic hydroxyl groups excluding tert-OH is 3. The van der Waals surface area contributed by atoms with Crippen LogP contribution < -0.4 is 5.32 Å². The molecule has 4 atom stereocenters. The topological polar surface area (TPSA) is 116 Å². The lowest BCUT2D eigenvalue weighted by atomic mass is 9.94. The summed E-state index contributed by atoms with van der Waals surface area (Å²) in [5.41, 5.74) is 0.686. The molecular formula is C13H13NO6. The average molecular weight is 279 g/mol. The maximum atomic E-state index is 11.8. The molecule has 7 heteroatoms. The van der Waals surface area contributed by atoms with Gasteiger partial charge in [-0.05, 0) is 11.6 Å². The molecule has 1 fully saturated rings. The fraction of sp³-hybridized carbons (Fsp3) is 0.385. The maximum Gasteiger partial charge on any atom is 0.259 e. The van der Waals surface area contributed by atoms with Gasteiger partial charge in [0.25, 0.3) is 11.8 Å². The third-order valence-electron chi connectivity index (χ3n) is 3.64. The van der Waals surface area contributed by atoms with Gasteiger partial charge in [-0.3, -0.25) is 14.9 Å². The molecule has 0 aliphatic carbocycles. The van der Waals surface area contributed by atoms with Crippen LogP contribution in [0.4, 0.5) is 0 Å². The second-order valence-corrected chi connectivity index (χ2v) is 4.81. The van der Waals surface area contributed by atoms with E-state index in [0.29, 0.717) is 5.56 Å². The van der Waals surface area contributed by atoms with Gasteiger partial charge < -0.3 is 20.1 Å². The van der Waals surface area contributed by atoms with Gasteiger partial charge in [-0.15, -0.1) is 0 Å². The molecule has 1 saturated heterocycles. The van der Waals surface area contributed by atoms with Crippen LogP contribution in [0.3, 0.4) is 0 Å². The molecule has 2 amide bonds. The number of carbonyl (C=O) groups excluding carboxylic acids is 2. The Hall–Kier alpha value is -1.80. The summed E-state index contributed by atoms with van der Waals surface area (Å²) >= 11 is 0. The molecule has 1 aromatic rings. The number of rotatable bonds is 2. The first kappa shape index (κ1) is 13.2. The zero-order valence-corrected chi connectivity index (χ0v) is 10.3. The second kappa shape index (κ2) is 4.64. The van der Waals surface area contributed by atoms with Gasteiger partial charge in [-0.25, -0.2) is 0 Å². The molecule has 0 radical (unpaired) electrons. The molecule has 0 aromatic heterocycles. The normalized spacial score (nSPS) is 32.4. The van der Waals surface area contributed by atoms with Crippen LogP contribution in [0.2, 0.25) is 0 Å². The van der Waals surface area contributed by atoms with Crippen LogP contribution in [0, 0.1) is 0 Å². The van der Waals surface area contributed by atoms with Crippen molar-refractivity contribution in [2.24, 2.45) is 0 Å². The summed E-state index contributed by atoms with van der Waals surface area (Å²) in [5, 5.41) is 31.0. The SMILES string of the molecule is O=C1NC(=O)c2c1cccc2[C@@H]1O[C@H](CO)[C@@H](O)[C@H]1O. The van der Waals surface area contributed by atoms with E-state index >= 15 is 0 Å². The van der Waals surface area contributed by atoms with Crippen molar-refractivity contribution < 1.29 is 29.6 Å². The third kappa shape index (κ3) is 1.75. The average Bonchev–Trinajstić information content (AvgIpc) is 2.89. The lowest BCUT2D eigenvalue weighted by molar-refractivity contribution is -0.0229. The standard InChI is InChI=1S/C13H13NO6/c15-4-7-9(16)10(17)11(20-7)5-2-1-3-6-8(5)13(19)14-12(6)18/h1-3,7,9-11,15-17H,4H2,(H,14,18,19)/t7-,9-,10-,11+/m1/s1. The van der Waals surface area contributed by atoms with E-state index in [9.17, 15) is 19.8 Å². The Morgan fingerprint density at radius 1 is 1.15 bits per heavy atom. The van der Waals surface area contributed by atoms with Crippen molar-refractivity contribution in [1.82, 2.24) is 5.32 Å². The second-order valence-electron chi connectivity index (χ2n) is 4.81. The number of fused-ring (bicyclic) bond motifs is 1. The summed E-state index contributed by atoms with van der Waals surface area (Å²) in [6.07, 6.45) is -4.41. The molecule has 0 spiro atoms. The highest BCUT2D eigenvalue weighted by molar-refractivity contribution is 6.22. The van der Waals surface area contributed by atoms with E-state index < -0.39 is 42.8 Å². The highest BCUT2D eigenvalue weighted by Gasteiger charge is 2.45. The largest absolute Gasteiger partial charge is 0.394 e. The molecule has 1 aromatic carbocycles. The number of hydrogen-bond donors (Lipinski definition) is 4. The lowest BCUT2D eigenvalue weighted by Crippen LogP contribution is -2.32. The summed E-state index contributed by atoms with van der Waals surface area (Å²) in [5.74, 6) is -1.06. The van der Waals surface area contributed by atoms with E-state index in [4.69, 9.17) is 9.84 Å². The minimum atomic E-state index is -1.28. The quantitative estimate of drug-likeness (QED) is 0.501. The first-order valence-electron chi connectivity index (χ1n) is 6.15. The zero-order valence-electron chi connectivity index (χ0n) is 10.3. The third-order valence-corrected chi connectivity index (χ3v) is 3.64. The fourth-order valence-corrected chi connectivity index (χ4v) is 2.64. The van der Waals surface area contributed by atoms with Crippen molar-refractivity contribution >= 4 is 11.8 Å². The van der Waals surface area contributed by atoms with Crippen molar-refractivity contribution in [3.8, 4) is 0 Å². The van der Waals surface area contributed by atoms with Crippen LogP contribution in [0.1, 0.15) is 32.4 Å². The Balaban J connectivity index is 2.05. The molecule has 20 heavy (non-hydrogen) atoms. The number of nitrogens with one attached hydrogen (secondary N) is 1. The molecule has 3 rings (SSSR count). The molecule has 7 nitrogen and oxygen atoms in total. The van der Waals surface area contributed by atoms with Crippen LogP contribution in [0.5, 0.6) is 0 Å². The van der Waals surface area contributed by atoms with Gasteiger partial charge in [-0.2, -0.15) is 0 Å². The highest BCUT2D eigenvalue weighted by Crippen LogP contribution is 2.36. The zero-order chi connectivity index (χ0) is 14.4. The van der Waals surface area contributed by atoms with Crippen LogP contribution in [0.25, 0.3) is 0 Å². The van der Waals surface area contributed by atoms with E-state index in [1.165, 1.54) is 6.07 Å². The number of ether oxygens (including phenoxy) is 1. The van der Waals surface area contributed by atoms with E-state index in [1.54, 1.807) is 12.1 Å². The number of carbonyl (C=O) groups is 2. The van der Waals surface area contributed by atoms with Crippen LogP contribution >= 0.6 is 0 Å². The van der Waals surface area contributed by atoms with Gasteiger partial charge in [0.2, 0.25) is 0 Å². The van der Waals surface area contributed by atoms with Crippen molar-refractivity contribution in [3.05, 3.63) is 34.9 Å². The lowest BCUT2D eigenvalue weighted by Gasteiger charge is -2.17. The Morgan fingerprint density at radius 2 is 1.90 bits per heavy atom. The van der Waals surface area contributed by atoms with Gasteiger partial charge in [-0.1, -0.05) is 12.1 Å². The van der Waals surface area contributed by atoms with Gasteiger partial charge in [0, 0.05) is 0 Å². The Kier molecular flexibility index (Phi) is 3.06. The number of benzene rings is 1. The maximum absolute atomic E-state index is 11.8. The highest BCUT2D eigenvalue weighted by atomic mass is 16.6. The number of aliphatic hydroxyl groups is 3. The summed E-state index contributed by atoms with van der Waals surface area (Å²) in [6, 6.07) is 4.62. The minimum absolute atomic E-state index is 0.146. The fourth-order valence-electron chi connectivity index (χ4n) is 2.64. The van der Waals surface area contributed by atoms with Crippen LogP contribution in [0.15, 0.2) is 18.2 Å². The Bertz CT molecular complexity index is 586. The molecule has 0 saturated carbocycles. The number of imide groups is 1. The minimum Gasteiger partial charge on any atom is -0.394 e. The van der Waals surface area contributed by atoms with Crippen molar-refractivity contribution in [2.75, 3.05) is 6.61 Å². The summed E-state index contributed by atoms with van der Waals surface area (Å²) < 4.78 is 5.39. The number of amides is 2. The predicted molar refractivity (Wildman–Crippen MR) is 65.0 cm³/mol. The predicted octanol–water partition coefficient (Wildman–Crippen LogP) is -1.28. The Labute approximate surface area is 113 Å². The van der Waals surface area contributed by atoms with Crippen molar-refractivity contribution in [3.63, 3.8) is 0 Å². The van der Waals surface area contributed by atoms with Gasteiger partial charge in [0.15, 0.2) is 0 Å². The van der Waals surface area contributed by atoms with Gasteiger partial charge in [0.1, 0.15) is 24.4 Å². The van der Waals surface area contributed by atoms with E-state index in [1.807, 2.05) is 0 Å². The number of hydrogen-bond acceptors (Lipinski definition) is 6.